The van der Waals surface area contributed by atoms with E-state index < -0.39 is 46.4 Å². The van der Waals surface area contributed by atoms with E-state index in [4.69, 9.17) is 14.2 Å². The minimum Gasteiger partial charge on any atom is -0.489 e. The molecule has 2 N–H and O–H groups in total. The number of hydrogen-bond donors (Lipinski definition) is 2. The summed E-state index contributed by atoms with van der Waals surface area (Å²) in [5.41, 5.74) is -2.44. The normalized spacial score (nSPS) is 18.7. The van der Waals surface area contributed by atoms with Crippen LogP contribution in [0.1, 0.15) is 104 Å². The monoisotopic (exact) mass is 735 g/mol. The number of aliphatic carboxylic acids is 1. The minimum atomic E-state index is -2.20. The summed E-state index contributed by atoms with van der Waals surface area (Å²) in [6.07, 6.45) is 3.39. The maximum Gasteiger partial charge on any atom is 0.410 e. The van der Waals surface area contributed by atoms with Gasteiger partial charge in [-0.05, 0) is 110 Å². The fourth-order valence-electron chi connectivity index (χ4n) is 6.69. The molecule has 0 aliphatic carbocycles. The third-order valence-electron chi connectivity index (χ3n) is 9.75. The predicted octanol–water partition coefficient (Wildman–Crippen LogP) is 6.52. The van der Waals surface area contributed by atoms with Crippen LogP contribution in [0.5, 0.6) is 5.75 Å². The molecule has 12 nitrogen and oxygen atoms in total. The molecule has 2 fully saturated rings. The fraction of sp³-hybridized carbons (Fsp3) is 0.585. The highest BCUT2D eigenvalue weighted by molar-refractivity contribution is 6.00. The Morgan fingerprint density at radius 2 is 1.49 bits per heavy atom. The van der Waals surface area contributed by atoms with Gasteiger partial charge in [0.25, 0.3) is 0 Å². The molecule has 2 aliphatic heterocycles. The van der Waals surface area contributed by atoms with Crippen molar-refractivity contribution in [3.05, 3.63) is 65.7 Å². The summed E-state index contributed by atoms with van der Waals surface area (Å²) in [5.74, 6) is -2.80. The van der Waals surface area contributed by atoms with Crippen molar-refractivity contribution in [3.63, 3.8) is 0 Å². The van der Waals surface area contributed by atoms with E-state index in [0.717, 1.165) is 18.4 Å². The van der Waals surface area contributed by atoms with Crippen molar-refractivity contribution in [2.45, 2.75) is 111 Å². The van der Waals surface area contributed by atoms with Crippen molar-refractivity contribution in [1.82, 2.24) is 15.1 Å². The van der Waals surface area contributed by atoms with Crippen molar-refractivity contribution < 1.29 is 43.3 Å². The second kappa shape index (κ2) is 17.5. The first-order valence-corrected chi connectivity index (χ1v) is 18.7. The zero-order valence-corrected chi connectivity index (χ0v) is 32.3. The minimum absolute atomic E-state index is 0.0407. The fourth-order valence-corrected chi connectivity index (χ4v) is 6.69. The Morgan fingerprint density at radius 3 is 2.11 bits per heavy atom. The number of carboxylic acids is 1. The number of nitrogens with zero attached hydrogens (tertiary/aromatic N) is 2. The zero-order valence-electron chi connectivity index (χ0n) is 32.3. The molecule has 1 unspecified atom stereocenters. The summed E-state index contributed by atoms with van der Waals surface area (Å²) in [6, 6.07) is 14.9. The Balaban J connectivity index is 1.45. The molecule has 3 atom stereocenters. The lowest BCUT2D eigenvalue weighted by molar-refractivity contribution is -0.178. The van der Waals surface area contributed by atoms with Gasteiger partial charge in [-0.15, -0.1) is 0 Å². The molecule has 0 bridgehead atoms. The predicted molar refractivity (Wildman–Crippen MR) is 199 cm³/mol. The molecule has 2 aromatic rings. The SMILES string of the molecule is CC(C)(C)OC(=O)N1CCC(CCC(=O)N2CCC[C@@H](C(=O)N[C@@H](c3cccc(OCc4ccccc4)c3)C(C)(C(=O)O)C(=O)OC(C)(C)C)C2)CC1. The van der Waals surface area contributed by atoms with Crippen molar-refractivity contribution in [1.29, 1.82) is 0 Å². The van der Waals surface area contributed by atoms with Gasteiger partial charge < -0.3 is 34.4 Å². The lowest BCUT2D eigenvalue weighted by atomic mass is 9.77. The Kier molecular flexibility index (Phi) is 13.6. The number of benzene rings is 2. The molecular weight excluding hydrogens is 678 g/mol. The molecule has 4 rings (SSSR count). The lowest BCUT2D eigenvalue weighted by Crippen LogP contribution is -2.53. The first kappa shape index (κ1) is 41.2. The van der Waals surface area contributed by atoms with Crippen molar-refractivity contribution in [2.24, 2.45) is 17.3 Å². The van der Waals surface area contributed by atoms with Crippen LogP contribution in [0.25, 0.3) is 0 Å². The molecule has 0 radical (unpaired) electrons. The Bertz CT molecular complexity index is 1590. The molecule has 2 saturated heterocycles. The van der Waals surface area contributed by atoms with Crippen LogP contribution in [-0.2, 0) is 35.3 Å². The Morgan fingerprint density at radius 1 is 0.830 bits per heavy atom. The second-order valence-electron chi connectivity index (χ2n) is 16.4. The Hall–Kier alpha value is -4.61. The van der Waals surface area contributed by atoms with Gasteiger partial charge in [0.1, 0.15) is 23.6 Å². The summed E-state index contributed by atoms with van der Waals surface area (Å²) in [6.45, 7) is 13.9. The van der Waals surface area contributed by atoms with Gasteiger partial charge in [0.15, 0.2) is 5.41 Å². The first-order chi connectivity index (χ1) is 24.9. The second-order valence-corrected chi connectivity index (χ2v) is 16.4. The number of piperidine rings is 2. The van der Waals surface area contributed by atoms with E-state index in [1.165, 1.54) is 6.92 Å². The van der Waals surface area contributed by atoms with E-state index >= 15 is 0 Å². The van der Waals surface area contributed by atoms with Gasteiger partial charge in [-0.25, -0.2) is 4.79 Å². The summed E-state index contributed by atoms with van der Waals surface area (Å²) in [7, 11) is 0. The van der Waals surface area contributed by atoms with Crippen LogP contribution < -0.4 is 10.1 Å². The molecule has 2 heterocycles. The highest BCUT2D eigenvalue weighted by atomic mass is 16.6. The van der Waals surface area contributed by atoms with Crippen molar-refractivity contribution in [3.8, 4) is 5.75 Å². The van der Waals surface area contributed by atoms with E-state index in [9.17, 15) is 29.1 Å². The van der Waals surface area contributed by atoms with E-state index in [0.29, 0.717) is 62.5 Å². The standard InChI is InChI=1S/C41H57N3O9/c1-39(2,3)52-37(49)41(7,36(47)48)34(30-15-11-17-32(25-30)51-27-29-13-9-8-10-14-29)42-35(46)31-16-12-22-44(26-31)33(45)19-18-28-20-23-43(24-21-28)38(50)53-40(4,5)6/h8-11,13-15,17,25,28,31,34H,12,16,18-24,26-27H2,1-7H3,(H,42,46)(H,47,48)/t31-,34+,41?/m1/s1. The molecule has 0 saturated carbocycles. The van der Waals surface area contributed by atoms with E-state index in [2.05, 4.69) is 5.32 Å². The summed E-state index contributed by atoms with van der Waals surface area (Å²) in [4.78, 5) is 70.0. The van der Waals surface area contributed by atoms with Crippen LogP contribution >= 0.6 is 0 Å². The number of amides is 3. The summed E-state index contributed by atoms with van der Waals surface area (Å²) < 4.78 is 17.1. The van der Waals surface area contributed by atoms with E-state index in [1.54, 1.807) is 54.8 Å². The Labute approximate surface area is 313 Å². The first-order valence-electron chi connectivity index (χ1n) is 18.7. The average molecular weight is 736 g/mol. The third kappa shape index (κ3) is 11.7. The number of carbonyl (C=O) groups is 5. The number of carbonyl (C=O) groups excluding carboxylic acids is 4. The van der Waals surface area contributed by atoms with Crippen LogP contribution in [0.4, 0.5) is 4.79 Å². The smallest absolute Gasteiger partial charge is 0.410 e. The van der Waals surface area contributed by atoms with Crippen LogP contribution in [0.2, 0.25) is 0 Å². The lowest BCUT2D eigenvalue weighted by Gasteiger charge is -2.37. The highest BCUT2D eigenvalue weighted by Crippen LogP contribution is 2.39. The molecule has 53 heavy (non-hydrogen) atoms. The molecule has 2 aromatic carbocycles. The molecule has 3 amide bonds. The van der Waals surface area contributed by atoms with E-state index in [-0.39, 0.29) is 25.2 Å². The largest absolute Gasteiger partial charge is 0.489 e. The van der Waals surface area contributed by atoms with Gasteiger partial charge in [0.2, 0.25) is 11.8 Å². The maximum atomic E-state index is 14.0. The summed E-state index contributed by atoms with van der Waals surface area (Å²) >= 11 is 0. The number of likely N-dealkylation sites (tertiary alicyclic amines) is 2. The number of esters is 1. The van der Waals surface area contributed by atoms with Crippen LogP contribution in [0, 0.1) is 17.3 Å². The number of ether oxygens (including phenoxy) is 3. The average Bonchev–Trinajstić information content (AvgIpc) is 3.10. The number of carboxylic acid groups (broad SMARTS) is 1. The highest BCUT2D eigenvalue weighted by Gasteiger charge is 2.53. The van der Waals surface area contributed by atoms with Gasteiger partial charge in [0, 0.05) is 32.6 Å². The van der Waals surface area contributed by atoms with Gasteiger partial charge in [-0.1, -0.05) is 42.5 Å². The van der Waals surface area contributed by atoms with Crippen LogP contribution in [0.15, 0.2) is 54.6 Å². The van der Waals surface area contributed by atoms with E-state index in [1.807, 2.05) is 51.1 Å². The van der Waals surface area contributed by atoms with Crippen LogP contribution in [0.3, 0.4) is 0 Å². The van der Waals surface area contributed by atoms with Crippen molar-refractivity contribution in [2.75, 3.05) is 26.2 Å². The number of hydrogen-bond acceptors (Lipinski definition) is 8. The van der Waals surface area contributed by atoms with Crippen molar-refractivity contribution >= 4 is 29.8 Å². The third-order valence-corrected chi connectivity index (χ3v) is 9.75. The molecule has 2 aliphatic rings. The van der Waals surface area contributed by atoms with Crippen LogP contribution in [-0.4, -0.2) is 82.1 Å². The molecule has 12 heteroatoms. The van der Waals surface area contributed by atoms with Gasteiger partial charge in [0.05, 0.1) is 12.0 Å². The van der Waals surface area contributed by atoms with Gasteiger partial charge in [-0.2, -0.15) is 0 Å². The molecule has 0 spiro atoms. The molecule has 290 valence electrons. The summed E-state index contributed by atoms with van der Waals surface area (Å²) in [5, 5.41) is 13.5. The van der Waals surface area contributed by atoms with Gasteiger partial charge in [-0.3, -0.25) is 19.2 Å². The molecular formula is C41H57N3O9. The quantitative estimate of drug-likeness (QED) is 0.183. The van der Waals surface area contributed by atoms with Gasteiger partial charge >= 0.3 is 18.0 Å². The number of rotatable bonds is 12. The molecule has 0 aromatic heterocycles. The zero-order chi connectivity index (χ0) is 39.0. The number of nitrogens with one attached hydrogen (secondary N) is 1. The topological polar surface area (TPSA) is 152 Å². The maximum absolute atomic E-state index is 14.0.